The zero-order valence-corrected chi connectivity index (χ0v) is 27.8. The van der Waals surface area contributed by atoms with Crippen LogP contribution >= 0.6 is 7.75 Å². The van der Waals surface area contributed by atoms with Crippen molar-refractivity contribution in [2.45, 2.75) is 89.4 Å². The number of hydrogen-bond donors (Lipinski definition) is 4. The van der Waals surface area contributed by atoms with Gasteiger partial charge in [-0.25, -0.2) is 14.1 Å². The summed E-state index contributed by atoms with van der Waals surface area (Å²) in [5.41, 5.74) is 5.58. The molecule has 0 spiro atoms. The number of aliphatic hydroxyl groups is 2. The van der Waals surface area contributed by atoms with Crippen LogP contribution in [-0.4, -0.2) is 81.1 Å². The average Bonchev–Trinajstić information content (AvgIpc) is 3.51. The third-order valence-corrected chi connectivity index (χ3v) is 9.47. The molecule has 0 saturated carbocycles. The lowest BCUT2D eigenvalue weighted by Crippen LogP contribution is -2.40. The molecule has 1 fully saturated rings. The third kappa shape index (κ3) is 7.66. The van der Waals surface area contributed by atoms with Gasteiger partial charge in [-0.05, 0) is 62.9 Å². The smallest absolute Gasteiger partial charge is 0.459 e. The lowest BCUT2D eigenvalue weighted by molar-refractivity contribution is -0.153. The summed E-state index contributed by atoms with van der Waals surface area (Å²) < 4.78 is 44.0. The van der Waals surface area contributed by atoms with E-state index >= 15 is 0 Å². The van der Waals surface area contributed by atoms with Gasteiger partial charge in [-0.2, -0.15) is 10.2 Å². The van der Waals surface area contributed by atoms with Gasteiger partial charge in [0, 0.05) is 7.11 Å². The molecule has 0 amide bonds. The quantitative estimate of drug-likeness (QED) is 0.166. The fraction of sp³-hybridized carbons (Fsp3) is 0.567. The molecule has 4 rings (SSSR count). The van der Waals surface area contributed by atoms with Crippen LogP contribution in [0.1, 0.15) is 59.7 Å². The molecule has 1 unspecified atom stereocenters. The first-order valence-corrected chi connectivity index (χ1v) is 16.1. The van der Waals surface area contributed by atoms with Gasteiger partial charge in [-0.15, -0.1) is 0 Å². The monoisotopic (exact) mass is 649 g/mol. The van der Waals surface area contributed by atoms with Crippen LogP contribution in [0.15, 0.2) is 42.7 Å². The van der Waals surface area contributed by atoms with Crippen LogP contribution in [0.3, 0.4) is 0 Å². The van der Waals surface area contributed by atoms with E-state index in [2.05, 4.69) is 35.9 Å². The lowest BCUT2D eigenvalue weighted by Gasteiger charge is -2.28. The maximum Gasteiger partial charge on any atom is 0.459 e. The van der Waals surface area contributed by atoms with Gasteiger partial charge in [0.2, 0.25) is 0 Å². The number of aromatic nitrogens is 3. The van der Waals surface area contributed by atoms with Crippen LogP contribution in [-0.2, 0) is 39.1 Å². The fourth-order valence-electron chi connectivity index (χ4n) is 4.79. The van der Waals surface area contributed by atoms with Gasteiger partial charge in [0.1, 0.15) is 54.2 Å². The number of benzene rings is 1. The number of aliphatic hydroxyl groups excluding tert-OH is 2. The van der Waals surface area contributed by atoms with Gasteiger partial charge in [-0.3, -0.25) is 9.32 Å². The number of fused-ring (bicyclic) bond motifs is 1. The van der Waals surface area contributed by atoms with Gasteiger partial charge in [0.15, 0.2) is 5.82 Å². The number of nitrogen functional groups attached to an aromatic ring is 1. The molecule has 5 N–H and O–H groups in total. The highest BCUT2D eigenvalue weighted by molar-refractivity contribution is 7.52. The second-order valence-electron chi connectivity index (χ2n) is 12.9. The Morgan fingerprint density at radius 2 is 1.84 bits per heavy atom. The van der Waals surface area contributed by atoms with E-state index in [4.69, 9.17) is 29.0 Å². The first-order chi connectivity index (χ1) is 20.9. The fourth-order valence-corrected chi connectivity index (χ4v) is 6.29. The number of carbonyl (C=O) groups excluding carboxylic acids is 1. The molecule has 0 aliphatic carbocycles. The normalized spacial score (nSPS) is 24.4. The number of nitrogens with zero attached hydrogens (tertiary/aromatic N) is 3. The summed E-state index contributed by atoms with van der Waals surface area (Å²) in [5, 5.41) is 28.9. The van der Waals surface area contributed by atoms with Crippen molar-refractivity contribution in [1.82, 2.24) is 19.7 Å². The molecule has 45 heavy (non-hydrogen) atoms. The third-order valence-electron chi connectivity index (χ3n) is 7.83. The van der Waals surface area contributed by atoms with Crippen molar-refractivity contribution >= 4 is 25.1 Å². The van der Waals surface area contributed by atoms with E-state index in [0.717, 1.165) is 5.56 Å². The standard InChI is InChI=1S/C30H44N5O9P/c1-18(27(38)41-16-29(5,6)40-8)34-45(39,44-20-11-9-19(10-12-20)28(2,3)4)42-15-22-24(36)25(37)30(7,43-22)23-14-13-21-26(31)32-17-33-35(21)23/h9-14,17-18,22,24-25,36-37H,15-16H2,1-8H3,(H,34,39)(H2,31,32,33)/t18-,22+,24+,25+,30-,45?/m0/s1. The Kier molecular flexibility index (Phi) is 10.0. The van der Waals surface area contributed by atoms with E-state index in [0.29, 0.717) is 11.2 Å². The largest absolute Gasteiger partial charge is 0.461 e. The molecule has 6 atom stereocenters. The van der Waals surface area contributed by atoms with E-state index in [9.17, 15) is 19.6 Å². The molecule has 2 aromatic heterocycles. The van der Waals surface area contributed by atoms with Gasteiger partial charge < -0.3 is 34.7 Å². The van der Waals surface area contributed by atoms with Crippen molar-refractivity contribution in [3.05, 3.63) is 54.0 Å². The molecule has 1 aliphatic heterocycles. The molecule has 14 nitrogen and oxygen atoms in total. The number of nitrogens with two attached hydrogens (primary N) is 1. The zero-order chi connectivity index (χ0) is 33.4. The highest BCUT2D eigenvalue weighted by Gasteiger charge is 2.54. The minimum Gasteiger partial charge on any atom is -0.461 e. The summed E-state index contributed by atoms with van der Waals surface area (Å²) in [6.07, 6.45) is -2.75. The Labute approximate surface area is 262 Å². The van der Waals surface area contributed by atoms with E-state index in [1.54, 1.807) is 45.0 Å². The SMILES string of the molecule is COC(C)(C)COC(=O)[C@H](C)NP(=O)(OC[C@H]1O[C@@](C)(c2ccc3c(N)ncnn23)[C@H](O)[C@@H]1O)Oc1ccc(C(C)(C)C)cc1. The molecule has 15 heteroatoms. The Balaban J connectivity index is 1.55. The Hall–Kier alpha value is -3.10. The van der Waals surface area contributed by atoms with Crippen LogP contribution in [0.25, 0.3) is 5.52 Å². The summed E-state index contributed by atoms with van der Waals surface area (Å²) in [4.78, 5) is 16.8. The van der Waals surface area contributed by atoms with Crippen molar-refractivity contribution in [2.75, 3.05) is 26.1 Å². The van der Waals surface area contributed by atoms with E-state index in [-0.39, 0.29) is 23.6 Å². The molecule has 3 heterocycles. The molecule has 0 bridgehead atoms. The number of esters is 1. The summed E-state index contributed by atoms with van der Waals surface area (Å²) in [6, 6.07) is 9.19. The molecule has 248 valence electrons. The number of nitrogens with one attached hydrogen (secondary N) is 1. The van der Waals surface area contributed by atoms with Crippen molar-refractivity contribution in [2.24, 2.45) is 0 Å². The Morgan fingerprint density at radius 1 is 1.18 bits per heavy atom. The van der Waals surface area contributed by atoms with Gasteiger partial charge in [0.05, 0.1) is 17.9 Å². The number of anilines is 1. The number of hydrogen-bond acceptors (Lipinski definition) is 12. The maximum absolute atomic E-state index is 14.2. The van der Waals surface area contributed by atoms with Crippen molar-refractivity contribution < 1.29 is 42.8 Å². The van der Waals surface area contributed by atoms with Gasteiger partial charge in [-0.1, -0.05) is 32.9 Å². The Morgan fingerprint density at radius 3 is 2.47 bits per heavy atom. The Bertz CT molecular complexity index is 1540. The number of carbonyl (C=O) groups is 1. The maximum atomic E-state index is 14.2. The topological polar surface area (TPSA) is 189 Å². The number of methoxy groups -OCH3 is 1. The first kappa shape index (κ1) is 34.8. The predicted octanol–water partition coefficient (Wildman–Crippen LogP) is 3.09. The van der Waals surface area contributed by atoms with Crippen molar-refractivity contribution in [3.8, 4) is 5.75 Å². The summed E-state index contributed by atoms with van der Waals surface area (Å²) in [5.74, 6) is -0.266. The summed E-state index contributed by atoms with van der Waals surface area (Å²) in [7, 11) is -2.82. The molecule has 1 aromatic carbocycles. The molecular formula is C30H44N5O9P. The molecular weight excluding hydrogens is 605 g/mol. The van der Waals surface area contributed by atoms with Crippen LogP contribution in [0.2, 0.25) is 0 Å². The lowest BCUT2D eigenvalue weighted by atomic mass is 9.87. The predicted molar refractivity (Wildman–Crippen MR) is 166 cm³/mol. The number of rotatable bonds is 12. The van der Waals surface area contributed by atoms with E-state index in [1.165, 1.54) is 24.9 Å². The van der Waals surface area contributed by atoms with Gasteiger partial charge in [0.25, 0.3) is 0 Å². The highest BCUT2D eigenvalue weighted by atomic mass is 31.2. The zero-order valence-electron chi connectivity index (χ0n) is 26.9. The van der Waals surface area contributed by atoms with E-state index in [1.807, 2.05) is 12.1 Å². The average molecular weight is 650 g/mol. The second-order valence-corrected chi connectivity index (χ2v) is 14.6. The van der Waals surface area contributed by atoms with Crippen LogP contribution in [0.5, 0.6) is 5.75 Å². The van der Waals surface area contributed by atoms with Crippen molar-refractivity contribution in [3.63, 3.8) is 0 Å². The van der Waals surface area contributed by atoms with Crippen LogP contribution in [0, 0.1) is 0 Å². The van der Waals surface area contributed by atoms with Gasteiger partial charge >= 0.3 is 13.7 Å². The summed E-state index contributed by atoms with van der Waals surface area (Å²) in [6.45, 7) is 12.2. The molecule has 1 aliphatic rings. The van der Waals surface area contributed by atoms with Crippen LogP contribution in [0.4, 0.5) is 5.82 Å². The molecule has 0 radical (unpaired) electrons. The second kappa shape index (κ2) is 13.0. The first-order valence-electron chi connectivity index (χ1n) is 14.6. The number of ether oxygens (including phenoxy) is 3. The van der Waals surface area contributed by atoms with Crippen LogP contribution < -0.4 is 15.3 Å². The molecule has 3 aromatic rings. The summed E-state index contributed by atoms with van der Waals surface area (Å²) >= 11 is 0. The minimum absolute atomic E-state index is 0.0435. The highest BCUT2D eigenvalue weighted by Crippen LogP contribution is 2.47. The van der Waals surface area contributed by atoms with E-state index < -0.39 is 55.9 Å². The van der Waals surface area contributed by atoms with Crippen molar-refractivity contribution in [1.29, 1.82) is 0 Å². The minimum atomic E-state index is -4.32. The molecule has 1 saturated heterocycles.